The molecule has 2 aromatic rings. The monoisotopic (exact) mass is 238 g/mol. The van der Waals surface area contributed by atoms with Crippen LogP contribution in [0.5, 0.6) is 0 Å². The maximum atomic E-state index is 9.92. The molecule has 0 bridgehead atoms. The molecule has 1 nitrogen and oxygen atoms in total. The van der Waals surface area contributed by atoms with Gasteiger partial charge in [0.15, 0.2) is 0 Å². The van der Waals surface area contributed by atoms with Gasteiger partial charge in [-0.15, -0.1) is 11.3 Å². The number of thiophene rings is 1. The molecule has 15 heavy (non-hydrogen) atoms. The van der Waals surface area contributed by atoms with Gasteiger partial charge in [-0.3, -0.25) is 0 Å². The average molecular weight is 239 g/mol. The summed E-state index contributed by atoms with van der Waals surface area (Å²) in [7, 11) is 0. The van der Waals surface area contributed by atoms with Gasteiger partial charge in [0.25, 0.3) is 0 Å². The van der Waals surface area contributed by atoms with E-state index >= 15 is 0 Å². The number of halogens is 1. The van der Waals surface area contributed by atoms with Crippen LogP contribution in [0.4, 0.5) is 0 Å². The summed E-state index contributed by atoms with van der Waals surface area (Å²) in [4.78, 5) is 0.995. The van der Waals surface area contributed by atoms with Crippen LogP contribution >= 0.6 is 22.9 Å². The van der Waals surface area contributed by atoms with Crippen LogP contribution in [0.1, 0.15) is 16.5 Å². The lowest BCUT2D eigenvalue weighted by molar-refractivity contribution is 0.182. The first-order chi connectivity index (χ1) is 7.25. The molecule has 78 valence electrons. The fraction of sp³-hybridized carbons (Fsp3) is 0.167. The van der Waals surface area contributed by atoms with Gasteiger partial charge in [-0.1, -0.05) is 29.8 Å². The van der Waals surface area contributed by atoms with Crippen molar-refractivity contribution in [2.24, 2.45) is 0 Å². The highest BCUT2D eigenvalue weighted by Crippen LogP contribution is 2.23. The van der Waals surface area contributed by atoms with Gasteiger partial charge in [-0.2, -0.15) is 0 Å². The van der Waals surface area contributed by atoms with Crippen LogP contribution in [0.25, 0.3) is 0 Å². The highest BCUT2D eigenvalue weighted by molar-refractivity contribution is 7.10. The number of aliphatic hydroxyl groups excluding tert-OH is 1. The summed E-state index contributed by atoms with van der Waals surface area (Å²) in [6.07, 6.45) is 0.185. The molecule has 1 heterocycles. The topological polar surface area (TPSA) is 20.2 Å². The third-order valence-electron chi connectivity index (χ3n) is 2.19. The van der Waals surface area contributed by atoms with Gasteiger partial charge in [-0.05, 0) is 29.1 Å². The summed E-state index contributed by atoms with van der Waals surface area (Å²) in [6.45, 7) is 0. The summed E-state index contributed by atoms with van der Waals surface area (Å²) in [5.74, 6) is 0. The maximum absolute atomic E-state index is 9.92. The van der Waals surface area contributed by atoms with Crippen LogP contribution in [0.15, 0.2) is 41.8 Å². The lowest BCUT2D eigenvalue weighted by Crippen LogP contribution is -1.99. The fourth-order valence-electron chi connectivity index (χ4n) is 1.47. The van der Waals surface area contributed by atoms with Crippen LogP contribution in [0.3, 0.4) is 0 Å². The van der Waals surface area contributed by atoms with E-state index in [1.165, 1.54) is 0 Å². The second kappa shape index (κ2) is 4.79. The van der Waals surface area contributed by atoms with Gasteiger partial charge in [0, 0.05) is 16.3 Å². The molecule has 0 saturated heterocycles. The summed E-state index contributed by atoms with van der Waals surface area (Å²) in [5.41, 5.74) is 1.06. The molecule has 0 spiro atoms. The zero-order valence-electron chi connectivity index (χ0n) is 8.06. The smallest absolute Gasteiger partial charge is 0.0922 e. The maximum Gasteiger partial charge on any atom is 0.0922 e. The van der Waals surface area contributed by atoms with Crippen molar-refractivity contribution in [1.29, 1.82) is 0 Å². The van der Waals surface area contributed by atoms with Crippen molar-refractivity contribution in [2.45, 2.75) is 12.5 Å². The SMILES string of the molecule is OC(Cc1cccc(Cl)c1)c1cccs1. The van der Waals surface area contributed by atoms with Crippen molar-refractivity contribution in [3.8, 4) is 0 Å². The molecule has 1 aromatic carbocycles. The minimum absolute atomic E-state index is 0.427. The number of benzene rings is 1. The Labute approximate surface area is 98.0 Å². The first-order valence-electron chi connectivity index (χ1n) is 4.71. The van der Waals surface area contributed by atoms with Crippen LogP contribution in [-0.4, -0.2) is 5.11 Å². The third-order valence-corrected chi connectivity index (χ3v) is 3.40. The Morgan fingerprint density at radius 2 is 2.13 bits per heavy atom. The summed E-state index contributed by atoms with van der Waals surface area (Å²) >= 11 is 7.45. The standard InChI is InChI=1S/C12H11ClOS/c13-10-4-1-3-9(7-10)8-11(14)12-5-2-6-15-12/h1-7,11,14H,8H2. The molecule has 0 aliphatic rings. The molecule has 1 aromatic heterocycles. The zero-order chi connectivity index (χ0) is 10.7. The molecule has 0 aliphatic carbocycles. The molecular formula is C12H11ClOS. The van der Waals surface area contributed by atoms with Gasteiger partial charge in [0.1, 0.15) is 0 Å². The highest BCUT2D eigenvalue weighted by Gasteiger charge is 2.09. The molecule has 0 amide bonds. The van der Waals surface area contributed by atoms with Crippen LogP contribution in [-0.2, 0) is 6.42 Å². The molecular weight excluding hydrogens is 228 g/mol. The minimum atomic E-state index is -0.427. The first kappa shape index (κ1) is 10.7. The molecule has 1 unspecified atom stereocenters. The average Bonchev–Trinajstić information content (AvgIpc) is 2.70. The molecule has 1 atom stereocenters. The number of aliphatic hydroxyl groups is 1. The Kier molecular flexibility index (Phi) is 3.41. The van der Waals surface area contributed by atoms with Gasteiger partial charge < -0.3 is 5.11 Å². The lowest BCUT2D eigenvalue weighted by Gasteiger charge is -2.08. The predicted molar refractivity (Wildman–Crippen MR) is 64.4 cm³/mol. The molecule has 0 fully saturated rings. The normalized spacial score (nSPS) is 12.7. The van der Waals surface area contributed by atoms with Crippen molar-refractivity contribution in [3.05, 3.63) is 57.2 Å². The number of hydrogen-bond acceptors (Lipinski definition) is 2. The molecule has 2 rings (SSSR count). The summed E-state index contributed by atoms with van der Waals surface area (Å²) in [5, 5.41) is 12.6. The Morgan fingerprint density at radius 1 is 1.27 bits per heavy atom. The number of hydrogen-bond donors (Lipinski definition) is 1. The van der Waals surface area contributed by atoms with Crippen LogP contribution < -0.4 is 0 Å². The van der Waals surface area contributed by atoms with E-state index < -0.39 is 6.10 Å². The summed E-state index contributed by atoms with van der Waals surface area (Å²) in [6, 6.07) is 11.5. The quantitative estimate of drug-likeness (QED) is 0.865. The van der Waals surface area contributed by atoms with Gasteiger partial charge in [0.05, 0.1) is 6.10 Å². The van der Waals surface area contributed by atoms with Crippen molar-refractivity contribution < 1.29 is 5.11 Å². The highest BCUT2D eigenvalue weighted by atomic mass is 35.5. The Bertz CT molecular complexity index is 425. The van der Waals surface area contributed by atoms with E-state index in [1.54, 1.807) is 11.3 Å². The van der Waals surface area contributed by atoms with Crippen molar-refractivity contribution in [2.75, 3.05) is 0 Å². The van der Waals surface area contributed by atoms with Crippen LogP contribution in [0, 0.1) is 0 Å². The van der Waals surface area contributed by atoms with Crippen LogP contribution in [0.2, 0.25) is 5.02 Å². The van der Waals surface area contributed by atoms with Gasteiger partial charge >= 0.3 is 0 Å². The Morgan fingerprint density at radius 3 is 2.80 bits per heavy atom. The number of rotatable bonds is 3. The van der Waals surface area contributed by atoms with E-state index in [1.807, 2.05) is 41.8 Å². The van der Waals surface area contributed by atoms with E-state index in [4.69, 9.17) is 11.6 Å². The lowest BCUT2D eigenvalue weighted by atomic mass is 10.1. The van der Waals surface area contributed by atoms with E-state index in [9.17, 15) is 5.11 Å². The molecule has 0 saturated carbocycles. The molecule has 3 heteroatoms. The Hall–Kier alpha value is -0.830. The summed E-state index contributed by atoms with van der Waals surface area (Å²) < 4.78 is 0. The second-order valence-electron chi connectivity index (χ2n) is 3.37. The minimum Gasteiger partial charge on any atom is -0.387 e. The van der Waals surface area contributed by atoms with Crippen molar-refractivity contribution in [1.82, 2.24) is 0 Å². The van der Waals surface area contributed by atoms with Gasteiger partial charge in [-0.25, -0.2) is 0 Å². The van der Waals surface area contributed by atoms with Crippen molar-refractivity contribution >= 4 is 22.9 Å². The molecule has 0 aliphatic heterocycles. The largest absolute Gasteiger partial charge is 0.387 e. The van der Waals surface area contributed by atoms with Crippen molar-refractivity contribution in [3.63, 3.8) is 0 Å². The van der Waals surface area contributed by atoms with E-state index in [0.29, 0.717) is 11.4 Å². The van der Waals surface area contributed by atoms with E-state index in [0.717, 1.165) is 10.4 Å². The first-order valence-corrected chi connectivity index (χ1v) is 5.97. The Balaban J connectivity index is 2.09. The third kappa shape index (κ3) is 2.81. The van der Waals surface area contributed by atoms with Gasteiger partial charge in [0.2, 0.25) is 0 Å². The van der Waals surface area contributed by atoms with E-state index in [-0.39, 0.29) is 0 Å². The second-order valence-corrected chi connectivity index (χ2v) is 4.78. The predicted octanol–water partition coefficient (Wildman–Crippen LogP) is 3.68. The molecule has 0 radical (unpaired) electrons. The molecule has 1 N–H and O–H groups in total. The van der Waals surface area contributed by atoms with E-state index in [2.05, 4.69) is 0 Å². The zero-order valence-corrected chi connectivity index (χ0v) is 9.63. The fourth-order valence-corrected chi connectivity index (χ4v) is 2.39.